The second-order valence-corrected chi connectivity index (χ2v) is 3.31. The van der Waals surface area contributed by atoms with E-state index in [1.54, 1.807) is 12.3 Å². The van der Waals surface area contributed by atoms with Crippen LogP contribution in [0, 0.1) is 0 Å². The van der Waals surface area contributed by atoms with Gasteiger partial charge >= 0.3 is 0 Å². The lowest BCUT2D eigenvalue weighted by atomic mass is 10.3. The van der Waals surface area contributed by atoms with Crippen LogP contribution in [0.15, 0.2) is 25.0 Å². The largest absolute Gasteiger partial charge is 0.351 e. The monoisotopic (exact) mass is 207 g/mol. The molecule has 4 heteroatoms. The molecule has 82 valence electrons. The Bertz CT molecular complexity index is 330. The fourth-order valence-corrected chi connectivity index (χ4v) is 1.33. The van der Waals surface area contributed by atoms with Gasteiger partial charge < -0.3 is 9.88 Å². The van der Waals surface area contributed by atoms with Crippen molar-refractivity contribution < 1.29 is 4.79 Å². The van der Waals surface area contributed by atoms with Crippen LogP contribution < -0.4 is 5.32 Å². The maximum Gasteiger partial charge on any atom is 0.240 e. The van der Waals surface area contributed by atoms with E-state index < -0.39 is 0 Å². The molecule has 15 heavy (non-hydrogen) atoms. The molecule has 0 aromatic carbocycles. The first-order chi connectivity index (χ1) is 7.27. The molecule has 1 aromatic rings. The lowest BCUT2D eigenvalue weighted by molar-refractivity contribution is -0.121. The first-order valence-electron chi connectivity index (χ1n) is 5.15. The first kappa shape index (κ1) is 11.5. The van der Waals surface area contributed by atoms with Crippen molar-refractivity contribution in [3.63, 3.8) is 0 Å². The highest BCUT2D eigenvalue weighted by molar-refractivity contribution is 5.75. The number of rotatable bonds is 6. The maximum atomic E-state index is 11.4. The summed E-state index contributed by atoms with van der Waals surface area (Å²) >= 11 is 0. The third kappa shape index (κ3) is 3.58. The Hall–Kier alpha value is -1.58. The molecule has 0 saturated heterocycles. The van der Waals surface area contributed by atoms with Crippen molar-refractivity contribution in [1.82, 2.24) is 14.9 Å². The molecule has 1 N–H and O–H groups in total. The molecule has 0 spiro atoms. The summed E-state index contributed by atoms with van der Waals surface area (Å²) < 4.78 is 1.88. The van der Waals surface area contributed by atoms with E-state index in [-0.39, 0.29) is 5.91 Å². The lowest BCUT2D eigenvalue weighted by Crippen LogP contribution is -2.27. The van der Waals surface area contributed by atoms with Crippen molar-refractivity contribution in [2.45, 2.75) is 26.3 Å². The van der Waals surface area contributed by atoms with Gasteiger partial charge in [0.2, 0.25) is 5.91 Å². The van der Waals surface area contributed by atoms with Crippen molar-refractivity contribution in [1.29, 1.82) is 0 Å². The summed E-state index contributed by atoms with van der Waals surface area (Å²) in [5, 5.41) is 2.73. The summed E-state index contributed by atoms with van der Waals surface area (Å²) in [5.74, 6) is 0.955. The molecular formula is C11H17N3O. The van der Waals surface area contributed by atoms with E-state index in [9.17, 15) is 4.79 Å². The lowest BCUT2D eigenvalue weighted by Gasteiger charge is -2.06. The highest BCUT2D eigenvalue weighted by Crippen LogP contribution is 2.00. The molecule has 0 bridgehead atoms. The van der Waals surface area contributed by atoms with Gasteiger partial charge in [0.15, 0.2) is 0 Å². The van der Waals surface area contributed by atoms with Gasteiger partial charge in [-0.1, -0.05) is 13.0 Å². The molecule has 0 saturated carbocycles. The minimum absolute atomic E-state index is 0.00902. The third-order valence-electron chi connectivity index (χ3n) is 2.03. The van der Waals surface area contributed by atoms with E-state index in [0.29, 0.717) is 13.1 Å². The zero-order chi connectivity index (χ0) is 11.1. The zero-order valence-electron chi connectivity index (χ0n) is 9.07. The van der Waals surface area contributed by atoms with E-state index in [4.69, 9.17) is 0 Å². The summed E-state index contributed by atoms with van der Waals surface area (Å²) in [4.78, 5) is 15.6. The van der Waals surface area contributed by atoms with Gasteiger partial charge in [0.05, 0.1) is 0 Å². The van der Waals surface area contributed by atoms with Crippen LogP contribution in [-0.2, 0) is 17.8 Å². The predicted molar refractivity (Wildman–Crippen MR) is 59.4 cm³/mol. The van der Waals surface area contributed by atoms with E-state index >= 15 is 0 Å². The third-order valence-corrected chi connectivity index (χ3v) is 2.03. The molecule has 0 aliphatic heterocycles. The number of nitrogens with one attached hydrogen (secondary N) is 1. The van der Waals surface area contributed by atoms with Crippen LogP contribution in [0.1, 0.15) is 19.2 Å². The molecule has 0 aliphatic rings. The van der Waals surface area contributed by atoms with Crippen molar-refractivity contribution in [3.8, 4) is 0 Å². The van der Waals surface area contributed by atoms with Gasteiger partial charge in [-0.15, -0.1) is 6.58 Å². The molecule has 0 atom stereocenters. The van der Waals surface area contributed by atoms with Crippen LogP contribution in [0.4, 0.5) is 0 Å². The van der Waals surface area contributed by atoms with Crippen molar-refractivity contribution >= 4 is 5.91 Å². The molecular weight excluding hydrogens is 190 g/mol. The van der Waals surface area contributed by atoms with Crippen molar-refractivity contribution in [3.05, 3.63) is 30.9 Å². The summed E-state index contributed by atoms with van der Waals surface area (Å²) in [5.41, 5.74) is 0. The Balaban J connectivity index is 2.51. The Kier molecular flexibility index (Phi) is 4.60. The van der Waals surface area contributed by atoms with E-state index in [2.05, 4.69) is 23.8 Å². The number of hydrogen-bond acceptors (Lipinski definition) is 2. The number of aryl methyl sites for hydroxylation is 1. The predicted octanol–water partition coefficient (Wildman–Crippen LogP) is 1.14. The number of amides is 1. The second kappa shape index (κ2) is 6.01. The van der Waals surface area contributed by atoms with Crippen LogP contribution in [-0.4, -0.2) is 22.0 Å². The molecule has 0 unspecified atom stereocenters. The van der Waals surface area contributed by atoms with Gasteiger partial charge in [-0.3, -0.25) is 4.79 Å². The normalized spacial score (nSPS) is 9.93. The van der Waals surface area contributed by atoms with Crippen molar-refractivity contribution in [2.75, 3.05) is 6.54 Å². The molecule has 1 heterocycles. The van der Waals surface area contributed by atoms with Gasteiger partial charge in [-0.05, 0) is 6.42 Å². The standard InChI is InChI=1S/C11H17N3O/c1-3-5-10-12-7-8-14(10)9-11(15)13-6-4-2/h4,7-8H,2-3,5-6,9H2,1H3,(H,13,15). The number of nitrogens with zero attached hydrogens (tertiary/aromatic N) is 2. The second-order valence-electron chi connectivity index (χ2n) is 3.31. The molecule has 4 nitrogen and oxygen atoms in total. The number of imidazole rings is 1. The van der Waals surface area contributed by atoms with Crippen LogP contribution in [0.5, 0.6) is 0 Å². The van der Waals surface area contributed by atoms with E-state index in [0.717, 1.165) is 18.7 Å². The maximum absolute atomic E-state index is 11.4. The minimum atomic E-state index is -0.00902. The number of carbonyl (C=O) groups is 1. The van der Waals surface area contributed by atoms with Crippen LogP contribution in [0.3, 0.4) is 0 Å². The van der Waals surface area contributed by atoms with Gasteiger partial charge in [0, 0.05) is 25.4 Å². The SMILES string of the molecule is C=CCNC(=O)Cn1ccnc1CCC. The molecule has 0 aliphatic carbocycles. The summed E-state index contributed by atoms with van der Waals surface area (Å²) in [6, 6.07) is 0. The van der Waals surface area contributed by atoms with Crippen LogP contribution >= 0.6 is 0 Å². The number of aromatic nitrogens is 2. The topological polar surface area (TPSA) is 46.9 Å². The van der Waals surface area contributed by atoms with Gasteiger partial charge in [0.1, 0.15) is 12.4 Å². The highest BCUT2D eigenvalue weighted by atomic mass is 16.1. The van der Waals surface area contributed by atoms with E-state index in [1.807, 2.05) is 10.8 Å². The van der Waals surface area contributed by atoms with Crippen molar-refractivity contribution in [2.24, 2.45) is 0 Å². The average Bonchev–Trinajstić information content (AvgIpc) is 2.63. The molecule has 1 rings (SSSR count). The summed E-state index contributed by atoms with van der Waals surface area (Å²) in [6.45, 7) is 6.48. The Morgan fingerprint density at radius 3 is 3.20 bits per heavy atom. The fraction of sp³-hybridized carbons (Fsp3) is 0.455. The van der Waals surface area contributed by atoms with Gasteiger partial charge in [-0.25, -0.2) is 4.98 Å². The van der Waals surface area contributed by atoms with E-state index in [1.165, 1.54) is 0 Å². The Labute approximate surface area is 90.0 Å². The molecule has 1 aromatic heterocycles. The Morgan fingerprint density at radius 2 is 2.53 bits per heavy atom. The minimum Gasteiger partial charge on any atom is -0.351 e. The number of hydrogen-bond donors (Lipinski definition) is 1. The zero-order valence-corrected chi connectivity index (χ0v) is 9.07. The molecule has 1 amide bonds. The first-order valence-corrected chi connectivity index (χ1v) is 5.15. The highest BCUT2D eigenvalue weighted by Gasteiger charge is 2.05. The Morgan fingerprint density at radius 1 is 1.73 bits per heavy atom. The quantitative estimate of drug-likeness (QED) is 0.711. The summed E-state index contributed by atoms with van der Waals surface area (Å²) in [7, 11) is 0. The fourth-order valence-electron chi connectivity index (χ4n) is 1.33. The molecule has 0 fully saturated rings. The van der Waals surface area contributed by atoms with Crippen LogP contribution in [0.25, 0.3) is 0 Å². The van der Waals surface area contributed by atoms with Gasteiger partial charge in [-0.2, -0.15) is 0 Å². The smallest absolute Gasteiger partial charge is 0.240 e. The number of carbonyl (C=O) groups excluding carboxylic acids is 1. The van der Waals surface area contributed by atoms with Crippen LogP contribution in [0.2, 0.25) is 0 Å². The van der Waals surface area contributed by atoms with Gasteiger partial charge in [0.25, 0.3) is 0 Å². The molecule has 0 radical (unpaired) electrons. The average molecular weight is 207 g/mol. The summed E-state index contributed by atoms with van der Waals surface area (Å²) in [6.07, 6.45) is 7.16.